The molecular formula is C11H17N7O. The van der Waals surface area contributed by atoms with Gasteiger partial charge in [0.15, 0.2) is 5.69 Å². The molecule has 2 aromatic rings. The third-order valence-electron chi connectivity index (χ3n) is 2.88. The van der Waals surface area contributed by atoms with Crippen LogP contribution in [0.3, 0.4) is 0 Å². The molecule has 0 saturated carbocycles. The van der Waals surface area contributed by atoms with E-state index in [1.165, 1.54) is 4.68 Å². The number of nitrogens with one attached hydrogen (secondary N) is 1. The Bertz CT molecular complexity index is 598. The van der Waals surface area contributed by atoms with Crippen LogP contribution in [0, 0.1) is 13.8 Å². The third-order valence-corrected chi connectivity index (χ3v) is 2.88. The van der Waals surface area contributed by atoms with Gasteiger partial charge in [-0.15, -0.1) is 5.10 Å². The summed E-state index contributed by atoms with van der Waals surface area (Å²) in [5.41, 5.74) is 8.04. The monoisotopic (exact) mass is 263 g/mol. The Kier molecular flexibility index (Phi) is 3.61. The highest BCUT2D eigenvalue weighted by molar-refractivity contribution is 6.03. The molecule has 19 heavy (non-hydrogen) atoms. The van der Waals surface area contributed by atoms with Crippen LogP contribution < -0.4 is 11.1 Å². The van der Waals surface area contributed by atoms with Crippen molar-refractivity contribution in [1.29, 1.82) is 0 Å². The predicted octanol–water partition coefficient (Wildman–Crippen LogP) is -0.161. The van der Waals surface area contributed by atoms with Crippen LogP contribution in [-0.4, -0.2) is 37.2 Å². The molecular weight excluding hydrogens is 246 g/mol. The third kappa shape index (κ3) is 2.63. The van der Waals surface area contributed by atoms with Gasteiger partial charge in [0, 0.05) is 13.6 Å². The Hall–Kier alpha value is -2.22. The van der Waals surface area contributed by atoms with Gasteiger partial charge in [-0.2, -0.15) is 5.10 Å². The molecule has 0 aromatic carbocycles. The minimum absolute atomic E-state index is 0.260. The molecule has 0 aliphatic heterocycles. The van der Waals surface area contributed by atoms with E-state index in [4.69, 9.17) is 5.73 Å². The largest absolute Gasteiger partial charge is 0.329 e. The van der Waals surface area contributed by atoms with Gasteiger partial charge < -0.3 is 11.1 Å². The minimum atomic E-state index is -0.303. The van der Waals surface area contributed by atoms with Crippen molar-refractivity contribution in [3.05, 3.63) is 23.3 Å². The first kappa shape index (κ1) is 13.2. The number of rotatable bonds is 4. The molecule has 2 rings (SSSR count). The summed E-state index contributed by atoms with van der Waals surface area (Å²) in [6.45, 7) is 4.71. The van der Waals surface area contributed by atoms with Gasteiger partial charge in [-0.3, -0.25) is 14.2 Å². The molecule has 2 aromatic heterocycles. The Morgan fingerprint density at radius 1 is 1.47 bits per heavy atom. The standard InChI is InChI=1S/C11H17N7O/c1-7-10(8(2)17(3)15-7)13-11(19)9-6-18(5-4-12)16-14-9/h6H,4-5,12H2,1-3H3,(H,13,19). The van der Waals surface area contributed by atoms with Crippen molar-refractivity contribution in [3.8, 4) is 0 Å². The van der Waals surface area contributed by atoms with E-state index in [1.54, 1.807) is 10.9 Å². The second kappa shape index (κ2) is 5.19. The number of carbonyl (C=O) groups excluding carboxylic acids is 1. The van der Waals surface area contributed by atoms with E-state index in [0.717, 1.165) is 11.4 Å². The van der Waals surface area contributed by atoms with Crippen molar-refractivity contribution < 1.29 is 4.79 Å². The molecule has 8 nitrogen and oxygen atoms in total. The van der Waals surface area contributed by atoms with Gasteiger partial charge in [0.1, 0.15) is 0 Å². The van der Waals surface area contributed by atoms with Gasteiger partial charge in [-0.1, -0.05) is 5.21 Å². The Labute approximate surface area is 110 Å². The SMILES string of the molecule is Cc1nn(C)c(C)c1NC(=O)c1cn(CCN)nn1. The average molecular weight is 263 g/mol. The van der Waals surface area contributed by atoms with Gasteiger partial charge in [0.2, 0.25) is 0 Å². The van der Waals surface area contributed by atoms with Gasteiger partial charge in [0.25, 0.3) is 5.91 Å². The quantitative estimate of drug-likeness (QED) is 0.797. The summed E-state index contributed by atoms with van der Waals surface area (Å²) in [4.78, 5) is 12.1. The Morgan fingerprint density at radius 3 is 2.79 bits per heavy atom. The maximum atomic E-state index is 12.1. The molecule has 0 aliphatic carbocycles. The summed E-state index contributed by atoms with van der Waals surface area (Å²) < 4.78 is 3.26. The van der Waals surface area contributed by atoms with E-state index >= 15 is 0 Å². The van der Waals surface area contributed by atoms with Crippen LogP contribution >= 0.6 is 0 Å². The lowest BCUT2D eigenvalue weighted by Gasteiger charge is -2.02. The highest BCUT2D eigenvalue weighted by atomic mass is 16.2. The maximum Gasteiger partial charge on any atom is 0.277 e. The highest BCUT2D eigenvalue weighted by Crippen LogP contribution is 2.18. The summed E-state index contributed by atoms with van der Waals surface area (Å²) in [6.07, 6.45) is 1.57. The van der Waals surface area contributed by atoms with E-state index in [-0.39, 0.29) is 11.6 Å². The van der Waals surface area contributed by atoms with Crippen molar-refractivity contribution in [2.75, 3.05) is 11.9 Å². The number of hydrogen-bond donors (Lipinski definition) is 2. The molecule has 8 heteroatoms. The number of hydrogen-bond acceptors (Lipinski definition) is 5. The molecule has 0 bridgehead atoms. The van der Waals surface area contributed by atoms with Crippen LogP contribution in [0.25, 0.3) is 0 Å². The van der Waals surface area contributed by atoms with E-state index in [0.29, 0.717) is 18.8 Å². The molecule has 3 N–H and O–H groups in total. The number of nitrogens with two attached hydrogens (primary N) is 1. The average Bonchev–Trinajstić information content (AvgIpc) is 2.91. The lowest BCUT2D eigenvalue weighted by atomic mass is 10.3. The predicted molar refractivity (Wildman–Crippen MR) is 69.7 cm³/mol. The molecule has 102 valence electrons. The van der Waals surface area contributed by atoms with Crippen LogP contribution in [0.4, 0.5) is 5.69 Å². The number of aryl methyl sites for hydroxylation is 2. The fourth-order valence-electron chi connectivity index (χ4n) is 1.78. The second-order valence-electron chi connectivity index (χ2n) is 4.28. The maximum absolute atomic E-state index is 12.1. The summed E-state index contributed by atoms with van der Waals surface area (Å²) in [7, 11) is 1.83. The zero-order valence-corrected chi connectivity index (χ0v) is 11.2. The van der Waals surface area contributed by atoms with Crippen molar-refractivity contribution in [3.63, 3.8) is 0 Å². The number of aromatic nitrogens is 5. The molecule has 0 unspecified atom stereocenters. The fourth-order valence-corrected chi connectivity index (χ4v) is 1.78. The van der Waals surface area contributed by atoms with Crippen LogP contribution in [-0.2, 0) is 13.6 Å². The lowest BCUT2D eigenvalue weighted by molar-refractivity contribution is 0.102. The normalized spacial score (nSPS) is 10.7. The Morgan fingerprint density at radius 2 is 2.21 bits per heavy atom. The van der Waals surface area contributed by atoms with E-state index in [9.17, 15) is 4.79 Å². The van der Waals surface area contributed by atoms with Crippen molar-refractivity contribution in [1.82, 2.24) is 24.8 Å². The number of amides is 1. The van der Waals surface area contributed by atoms with Gasteiger partial charge in [0.05, 0.1) is 29.8 Å². The molecule has 0 spiro atoms. The van der Waals surface area contributed by atoms with Crippen LogP contribution in [0.5, 0.6) is 0 Å². The van der Waals surface area contributed by atoms with Crippen LogP contribution in [0.2, 0.25) is 0 Å². The van der Waals surface area contributed by atoms with Crippen molar-refractivity contribution in [2.45, 2.75) is 20.4 Å². The molecule has 0 aliphatic rings. The smallest absolute Gasteiger partial charge is 0.277 e. The second-order valence-corrected chi connectivity index (χ2v) is 4.28. The zero-order chi connectivity index (χ0) is 14.0. The highest BCUT2D eigenvalue weighted by Gasteiger charge is 2.16. The molecule has 1 amide bonds. The van der Waals surface area contributed by atoms with Gasteiger partial charge >= 0.3 is 0 Å². The van der Waals surface area contributed by atoms with E-state index in [1.807, 2.05) is 20.9 Å². The summed E-state index contributed by atoms with van der Waals surface area (Å²) in [6, 6.07) is 0. The number of nitrogens with zero attached hydrogens (tertiary/aromatic N) is 5. The van der Waals surface area contributed by atoms with Crippen LogP contribution in [0.1, 0.15) is 21.9 Å². The number of carbonyl (C=O) groups is 1. The van der Waals surface area contributed by atoms with E-state index < -0.39 is 0 Å². The van der Waals surface area contributed by atoms with Gasteiger partial charge in [-0.05, 0) is 13.8 Å². The first-order valence-corrected chi connectivity index (χ1v) is 5.94. The summed E-state index contributed by atoms with van der Waals surface area (Å²) >= 11 is 0. The lowest BCUT2D eigenvalue weighted by Crippen LogP contribution is -2.14. The van der Waals surface area contributed by atoms with Crippen molar-refractivity contribution in [2.24, 2.45) is 12.8 Å². The van der Waals surface area contributed by atoms with Crippen molar-refractivity contribution >= 4 is 11.6 Å². The topological polar surface area (TPSA) is 104 Å². The first-order chi connectivity index (χ1) is 9.02. The van der Waals surface area contributed by atoms with Gasteiger partial charge in [-0.25, -0.2) is 0 Å². The number of anilines is 1. The molecule has 0 atom stereocenters. The first-order valence-electron chi connectivity index (χ1n) is 5.94. The molecule has 2 heterocycles. The summed E-state index contributed by atoms with van der Waals surface area (Å²) in [5.74, 6) is -0.303. The fraction of sp³-hybridized carbons (Fsp3) is 0.455. The molecule has 0 radical (unpaired) electrons. The Balaban J connectivity index is 2.16. The summed E-state index contributed by atoms with van der Waals surface area (Å²) in [5, 5.41) is 14.7. The van der Waals surface area contributed by atoms with Crippen LogP contribution in [0.15, 0.2) is 6.20 Å². The molecule has 0 fully saturated rings. The van der Waals surface area contributed by atoms with E-state index in [2.05, 4.69) is 20.7 Å². The zero-order valence-electron chi connectivity index (χ0n) is 11.2. The minimum Gasteiger partial charge on any atom is -0.329 e. The molecule has 0 saturated heterocycles.